The molecule has 98 valence electrons. The molecule has 2 aromatic rings. The van der Waals surface area contributed by atoms with Crippen molar-refractivity contribution in [3.8, 4) is 0 Å². The number of aryl methyl sites for hydroxylation is 1. The first-order valence-electron chi connectivity index (χ1n) is 6.57. The third kappa shape index (κ3) is 2.88. The summed E-state index contributed by atoms with van der Waals surface area (Å²) in [6.45, 7) is 3.08. The van der Waals surface area contributed by atoms with Crippen LogP contribution in [0, 0.1) is 6.92 Å². The molecular weight excluding hydrogens is 238 g/mol. The Kier molecular flexibility index (Phi) is 3.37. The molecule has 1 saturated heterocycles. The Hall–Kier alpha value is -2.01. The Labute approximate surface area is 112 Å². The molecule has 2 aromatic heterocycles. The SMILES string of the molecule is Cc1ccc(Nc2nccc([C@@H]3CCCN3)n2)nc1. The number of pyridine rings is 1. The minimum absolute atomic E-state index is 0.356. The van der Waals surface area contributed by atoms with E-state index in [1.807, 2.05) is 31.3 Å². The Morgan fingerprint density at radius 3 is 2.95 bits per heavy atom. The van der Waals surface area contributed by atoms with Crippen LogP contribution >= 0.6 is 0 Å². The van der Waals surface area contributed by atoms with Crippen LogP contribution in [0.25, 0.3) is 0 Å². The maximum absolute atomic E-state index is 4.55. The third-order valence-electron chi connectivity index (χ3n) is 3.25. The van der Waals surface area contributed by atoms with Crippen LogP contribution in [0.15, 0.2) is 30.6 Å². The molecule has 3 rings (SSSR count). The molecule has 5 heteroatoms. The van der Waals surface area contributed by atoms with Gasteiger partial charge in [0.25, 0.3) is 0 Å². The van der Waals surface area contributed by atoms with E-state index in [2.05, 4.69) is 25.6 Å². The predicted molar refractivity (Wildman–Crippen MR) is 74.3 cm³/mol. The van der Waals surface area contributed by atoms with E-state index < -0.39 is 0 Å². The Balaban J connectivity index is 1.77. The summed E-state index contributed by atoms with van der Waals surface area (Å²) >= 11 is 0. The molecular formula is C14H17N5. The zero-order valence-electron chi connectivity index (χ0n) is 10.9. The minimum Gasteiger partial charge on any atom is -0.309 e. The lowest BCUT2D eigenvalue weighted by Gasteiger charge is -2.11. The van der Waals surface area contributed by atoms with E-state index in [0.717, 1.165) is 30.0 Å². The van der Waals surface area contributed by atoms with Crippen LogP contribution in [0.3, 0.4) is 0 Å². The molecule has 0 aromatic carbocycles. The van der Waals surface area contributed by atoms with Crippen LogP contribution in [0.5, 0.6) is 0 Å². The molecule has 1 atom stereocenters. The molecule has 3 heterocycles. The number of hydrogen-bond donors (Lipinski definition) is 2. The van der Waals surface area contributed by atoms with Gasteiger partial charge in [0.1, 0.15) is 5.82 Å². The van der Waals surface area contributed by atoms with Crippen molar-refractivity contribution in [3.63, 3.8) is 0 Å². The molecule has 2 N–H and O–H groups in total. The fraction of sp³-hybridized carbons (Fsp3) is 0.357. The van der Waals surface area contributed by atoms with Crippen LogP contribution in [0.4, 0.5) is 11.8 Å². The lowest BCUT2D eigenvalue weighted by molar-refractivity contribution is 0.626. The van der Waals surface area contributed by atoms with E-state index >= 15 is 0 Å². The van der Waals surface area contributed by atoms with Crippen molar-refractivity contribution in [2.75, 3.05) is 11.9 Å². The van der Waals surface area contributed by atoms with E-state index in [0.29, 0.717) is 12.0 Å². The molecule has 1 fully saturated rings. The molecule has 1 aliphatic heterocycles. The van der Waals surface area contributed by atoms with Gasteiger partial charge in [0.2, 0.25) is 5.95 Å². The summed E-state index contributed by atoms with van der Waals surface area (Å²) < 4.78 is 0. The molecule has 0 radical (unpaired) electrons. The number of hydrogen-bond acceptors (Lipinski definition) is 5. The molecule has 0 saturated carbocycles. The second-order valence-corrected chi connectivity index (χ2v) is 4.80. The molecule has 0 aliphatic carbocycles. The highest BCUT2D eigenvalue weighted by Crippen LogP contribution is 2.22. The highest BCUT2D eigenvalue weighted by atomic mass is 15.1. The van der Waals surface area contributed by atoms with Crippen molar-refractivity contribution >= 4 is 11.8 Å². The summed E-state index contributed by atoms with van der Waals surface area (Å²) in [5.74, 6) is 1.37. The fourth-order valence-electron chi connectivity index (χ4n) is 2.22. The van der Waals surface area contributed by atoms with Gasteiger partial charge in [-0.3, -0.25) is 0 Å². The Morgan fingerprint density at radius 1 is 1.26 bits per heavy atom. The number of anilines is 2. The number of nitrogens with one attached hydrogen (secondary N) is 2. The second kappa shape index (κ2) is 5.32. The first-order chi connectivity index (χ1) is 9.31. The number of aromatic nitrogens is 3. The maximum atomic E-state index is 4.55. The van der Waals surface area contributed by atoms with Gasteiger partial charge >= 0.3 is 0 Å². The molecule has 19 heavy (non-hydrogen) atoms. The van der Waals surface area contributed by atoms with Gasteiger partial charge < -0.3 is 10.6 Å². The monoisotopic (exact) mass is 255 g/mol. The zero-order chi connectivity index (χ0) is 13.1. The zero-order valence-corrected chi connectivity index (χ0v) is 10.9. The largest absolute Gasteiger partial charge is 0.309 e. The van der Waals surface area contributed by atoms with Crippen molar-refractivity contribution in [2.45, 2.75) is 25.8 Å². The van der Waals surface area contributed by atoms with Gasteiger partial charge in [0.15, 0.2) is 0 Å². The van der Waals surface area contributed by atoms with Gasteiger partial charge in [0.05, 0.1) is 5.69 Å². The molecule has 0 unspecified atom stereocenters. The number of rotatable bonds is 3. The second-order valence-electron chi connectivity index (χ2n) is 4.80. The van der Waals surface area contributed by atoms with Gasteiger partial charge in [-0.15, -0.1) is 0 Å². The maximum Gasteiger partial charge on any atom is 0.228 e. The Morgan fingerprint density at radius 2 is 2.21 bits per heavy atom. The van der Waals surface area contributed by atoms with Crippen molar-refractivity contribution < 1.29 is 0 Å². The molecule has 5 nitrogen and oxygen atoms in total. The van der Waals surface area contributed by atoms with Crippen LogP contribution in [-0.2, 0) is 0 Å². The quantitative estimate of drug-likeness (QED) is 0.881. The van der Waals surface area contributed by atoms with Crippen molar-refractivity contribution in [3.05, 3.63) is 41.9 Å². The normalized spacial score (nSPS) is 18.5. The van der Waals surface area contributed by atoms with Gasteiger partial charge in [-0.25, -0.2) is 15.0 Å². The highest BCUT2D eigenvalue weighted by molar-refractivity contribution is 5.47. The average molecular weight is 255 g/mol. The van der Waals surface area contributed by atoms with E-state index in [4.69, 9.17) is 0 Å². The summed E-state index contributed by atoms with van der Waals surface area (Å²) in [5.41, 5.74) is 2.18. The highest BCUT2D eigenvalue weighted by Gasteiger charge is 2.17. The summed E-state index contributed by atoms with van der Waals surface area (Å²) in [6, 6.07) is 6.27. The van der Waals surface area contributed by atoms with Crippen molar-refractivity contribution in [1.29, 1.82) is 0 Å². The van der Waals surface area contributed by atoms with Crippen LogP contribution in [0.2, 0.25) is 0 Å². The van der Waals surface area contributed by atoms with Crippen molar-refractivity contribution in [1.82, 2.24) is 20.3 Å². The first-order valence-corrected chi connectivity index (χ1v) is 6.57. The lowest BCUT2D eigenvalue weighted by atomic mass is 10.1. The third-order valence-corrected chi connectivity index (χ3v) is 3.25. The van der Waals surface area contributed by atoms with Crippen LogP contribution in [-0.4, -0.2) is 21.5 Å². The average Bonchev–Trinajstić information content (AvgIpc) is 2.96. The van der Waals surface area contributed by atoms with Gasteiger partial charge in [-0.05, 0) is 44.0 Å². The lowest BCUT2D eigenvalue weighted by Crippen LogP contribution is -2.15. The fourth-order valence-corrected chi connectivity index (χ4v) is 2.22. The van der Waals surface area contributed by atoms with Crippen LogP contribution in [0.1, 0.15) is 30.1 Å². The van der Waals surface area contributed by atoms with Gasteiger partial charge in [-0.2, -0.15) is 0 Å². The minimum atomic E-state index is 0.356. The molecule has 0 bridgehead atoms. The predicted octanol–water partition coefficient (Wildman–Crippen LogP) is 2.35. The summed E-state index contributed by atoms with van der Waals surface area (Å²) in [6.07, 6.45) is 5.96. The topological polar surface area (TPSA) is 62.7 Å². The summed E-state index contributed by atoms with van der Waals surface area (Å²) in [4.78, 5) is 13.1. The van der Waals surface area contributed by atoms with Crippen LogP contribution < -0.4 is 10.6 Å². The van der Waals surface area contributed by atoms with E-state index in [1.54, 1.807) is 6.20 Å². The van der Waals surface area contributed by atoms with Gasteiger partial charge in [0, 0.05) is 18.4 Å². The van der Waals surface area contributed by atoms with Gasteiger partial charge in [-0.1, -0.05) is 6.07 Å². The molecule has 1 aliphatic rings. The van der Waals surface area contributed by atoms with E-state index in [-0.39, 0.29) is 0 Å². The number of nitrogens with zero attached hydrogens (tertiary/aromatic N) is 3. The van der Waals surface area contributed by atoms with Crippen molar-refractivity contribution in [2.24, 2.45) is 0 Å². The standard InChI is InChI=1S/C14H17N5/c1-10-4-5-13(17-9-10)19-14-16-8-6-12(18-14)11-3-2-7-15-11/h4-6,8-9,11,15H,2-3,7H2,1H3,(H,16,17,18,19)/t11-/m0/s1. The Bertz CT molecular complexity index is 546. The van der Waals surface area contributed by atoms with E-state index in [1.165, 1.54) is 6.42 Å². The summed E-state index contributed by atoms with van der Waals surface area (Å²) in [5, 5.41) is 6.57. The summed E-state index contributed by atoms with van der Waals surface area (Å²) in [7, 11) is 0. The molecule has 0 amide bonds. The van der Waals surface area contributed by atoms with E-state index in [9.17, 15) is 0 Å². The first kappa shape index (κ1) is 12.0. The smallest absolute Gasteiger partial charge is 0.228 e. The molecule has 0 spiro atoms.